The number of H-pyrrole nitrogens is 2. The van der Waals surface area contributed by atoms with Crippen molar-refractivity contribution < 1.29 is 9.18 Å². The largest absolute Gasteiger partial charge is 0.396 e. The van der Waals surface area contributed by atoms with Gasteiger partial charge in [-0.1, -0.05) is 0 Å². The van der Waals surface area contributed by atoms with E-state index in [1.54, 1.807) is 0 Å². The van der Waals surface area contributed by atoms with Crippen molar-refractivity contribution >= 4 is 17.3 Å². The second kappa shape index (κ2) is 4.77. The lowest BCUT2D eigenvalue weighted by atomic mass is 10.2. The SMILES string of the molecule is Nc1cc(NC(=O)c2cc(=O)[nH]c(=O)[nH]2)ccc1F. The normalized spacial score (nSPS) is 10.2. The molecule has 1 amide bonds. The molecule has 2 aromatic rings. The first-order valence-corrected chi connectivity index (χ1v) is 5.16. The van der Waals surface area contributed by atoms with E-state index in [2.05, 4.69) is 10.3 Å². The highest BCUT2D eigenvalue weighted by Crippen LogP contribution is 2.16. The van der Waals surface area contributed by atoms with Gasteiger partial charge in [-0.15, -0.1) is 0 Å². The Morgan fingerprint density at radius 1 is 1.21 bits per heavy atom. The number of carbonyl (C=O) groups excluding carboxylic acids is 1. The molecule has 0 unspecified atom stereocenters. The van der Waals surface area contributed by atoms with Crippen molar-refractivity contribution in [2.75, 3.05) is 11.1 Å². The Morgan fingerprint density at radius 3 is 2.58 bits per heavy atom. The average Bonchev–Trinajstić information content (AvgIpc) is 2.32. The van der Waals surface area contributed by atoms with E-state index in [1.165, 1.54) is 12.1 Å². The van der Waals surface area contributed by atoms with Gasteiger partial charge in [0.05, 0.1) is 5.69 Å². The number of hydrogen-bond acceptors (Lipinski definition) is 4. The zero-order chi connectivity index (χ0) is 14.0. The molecule has 1 aromatic carbocycles. The molecule has 0 spiro atoms. The molecular formula is C11H9FN4O3. The first kappa shape index (κ1) is 12.6. The van der Waals surface area contributed by atoms with Gasteiger partial charge in [-0.3, -0.25) is 14.6 Å². The van der Waals surface area contributed by atoms with Crippen molar-refractivity contribution in [2.45, 2.75) is 0 Å². The number of nitrogens with two attached hydrogens (primary N) is 1. The third-order valence-corrected chi connectivity index (χ3v) is 2.26. The molecule has 0 radical (unpaired) electrons. The van der Waals surface area contributed by atoms with Gasteiger partial charge in [0.1, 0.15) is 11.5 Å². The first-order chi connectivity index (χ1) is 8.95. The summed E-state index contributed by atoms with van der Waals surface area (Å²) in [7, 11) is 0. The van der Waals surface area contributed by atoms with Crippen LogP contribution >= 0.6 is 0 Å². The van der Waals surface area contributed by atoms with Crippen molar-refractivity contribution in [1.29, 1.82) is 0 Å². The Bertz CT molecular complexity index is 722. The van der Waals surface area contributed by atoms with Crippen LogP contribution in [0.15, 0.2) is 33.9 Å². The highest BCUT2D eigenvalue weighted by Gasteiger charge is 2.09. The van der Waals surface area contributed by atoms with Crippen molar-refractivity contribution in [3.05, 3.63) is 56.6 Å². The number of aromatic nitrogens is 2. The lowest BCUT2D eigenvalue weighted by Gasteiger charge is -2.05. The second-order valence-corrected chi connectivity index (χ2v) is 3.69. The molecule has 0 aliphatic carbocycles. The monoisotopic (exact) mass is 264 g/mol. The molecule has 1 aromatic heterocycles. The fourth-order valence-corrected chi connectivity index (χ4v) is 1.41. The zero-order valence-electron chi connectivity index (χ0n) is 9.49. The molecule has 0 bridgehead atoms. The minimum atomic E-state index is -0.795. The highest BCUT2D eigenvalue weighted by molar-refractivity contribution is 6.02. The summed E-state index contributed by atoms with van der Waals surface area (Å²) in [6.07, 6.45) is 0. The maximum Gasteiger partial charge on any atom is 0.326 e. The third-order valence-electron chi connectivity index (χ3n) is 2.26. The fourth-order valence-electron chi connectivity index (χ4n) is 1.41. The molecule has 0 fully saturated rings. The van der Waals surface area contributed by atoms with Gasteiger partial charge in [-0.2, -0.15) is 0 Å². The van der Waals surface area contributed by atoms with E-state index in [9.17, 15) is 18.8 Å². The van der Waals surface area contributed by atoms with Crippen LogP contribution in [-0.2, 0) is 0 Å². The molecule has 0 saturated heterocycles. The van der Waals surface area contributed by atoms with Crippen LogP contribution in [0.1, 0.15) is 10.5 Å². The van der Waals surface area contributed by atoms with Crippen LogP contribution < -0.4 is 22.3 Å². The Labute approximate surface area is 105 Å². The summed E-state index contributed by atoms with van der Waals surface area (Å²) in [5.41, 5.74) is 3.75. The quantitative estimate of drug-likeness (QED) is 0.572. The lowest BCUT2D eigenvalue weighted by Crippen LogP contribution is -2.27. The molecule has 1 heterocycles. The van der Waals surface area contributed by atoms with E-state index in [4.69, 9.17) is 5.73 Å². The molecule has 0 atom stereocenters. The molecule has 0 aliphatic heterocycles. The summed E-state index contributed by atoms with van der Waals surface area (Å²) in [5.74, 6) is -1.32. The molecule has 7 nitrogen and oxygen atoms in total. The number of nitrogen functional groups attached to an aromatic ring is 1. The van der Waals surface area contributed by atoms with Gasteiger partial charge in [-0.25, -0.2) is 9.18 Å². The molecular weight excluding hydrogens is 255 g/mol. The molecule has 98 valence electrons. The van der Waals surface area contributed by atoms with Gasteiger partial charge in [-0.05, 0) is 18.2 Å². The number of amides is 1. The van der Waals surface area contributed by atoms with Crippen molar-refractivity contribution in [3.63, 3.8) is 0 Å². The summed E-state index contributed by atoms with van der Waals surface area (Å²) < 4.78 is 12.9. The second-order valence-electron chi connectivity index (χ2n) is 3.69. The highest BCUT2D eigenvalue weighted by atomic mass is 19.1. The lowest BCUT2D eigenvalue weighted by molar-refractivity contribution is 0.102. The summed E-state index contributed by atoms with van der Waals surface area (Å²) >= 11 is 0. The van der Waals surface area contributed by atoms with Crippen LogP contribution in [0.3, 0.4) is 0 Å². The molecule has 0 saturated carbocycles. The standard InChI is InChI=1S/C11H9FN4O3/c12-6-2-1-5(3-7(6)13)14-10(18)8-4-9(17)16-11(19)15-8/h1-4H,13H2,(H,14,18)(H2,15,16,17,19). The zero-order valence-corrected chi connectivity index (χ0v) is 9.49. The van der Waals surface area contributed by atoms with Gasteiger partial charge in [0.2, 0.25) is 0 Å². The van der Waals surface area contributed by atoms with Gasteiger partial charge in [0, 0.05) is 11.8 Å². The van der Waals surface area contributed by atoms with Gasteiger partial charge in [0.15, 0.2) is 0 Å². The first-order valence-electron chi connectivity index (χ1n) is 5.16. The summed E-state index contributed by atoms with van der Waals surface area (Å²) in [4.78, 5) is 37.9. The van der Waals surface area contributed by atoms with Crippen LogP contribution in [0.5, 0.6) is 0 Å². The maximum absolute atomic E-state index is 12.9. The minimum absolute atomic E-state index is 0.128. The Kier molecular flexibility index (Phi) is 3.15. The summed E-state index contributed by atoms with van der Waals surface area (Å²) in [6.45, 7) is 0. The Balaban J connectivity index is 2.27. The predicted molar refractivity (Wildman–Crippen MR) is 66.4 cm³/mol. The maximum atomic E-state index is 12.9. The van der Waals surface area contributed by atoms with E-state index in [0.29, 0.717) is 0 Å². The molecule has 0 aliphatic rings. The molecule has 5 N–H and O–H groups in total. The number of aromatic amines is 2. The number of carbonyl (C=O) groups is 1. The average molecular weight is 264 g/mol. The van der Waals surface area contributed by atoms with Gasteiger partial charge < -0.3 is 16.0 Å². The number of halogens is 1. The van der Waals surface area contributed by atoms with Crippen molar-refractivity contribution in [1.82, 2.24) is 9.97 Å². The van der Waals surface area contributed by atoms with E-state index in [1.807, 2.05) is 4.98 Å². The van der Waals surface area contributed by atoms with Crippen LogP contribution in [0.2, 0.25) is 0 Å². The smallest absolute Gasteiger partial charge is 0.326 e. The number of nitrogens with one attached hydrogen (secondary N) is 3. The third kappa shape index (κ3) is 2.86. The van der Waals surface area contributed by atoms with E-state index < -0.39 is 23.0 Å². The van der Waals surface area contributed by atoms with Crippen LogP contribution in [0, 0.1) is 5.82 Å². The predicted octanol–water partition coefficient (Wildman–Crippen LogP) is 0.0368. The summed E-state index contributed by atoms with van der Waals surface area (Å²) in [5, 5.41) is 2.37. The van der Waals surface area contributed by atoms with E-state index in [0.717, 1.165) is 12.1 Å². The molecule has 2 rings (SSSR count). The molecule has 8 heteroatoms. The van der Waals surface area contributed by atoms with E-state index >= 15 is 0 Å². The van der Waals surface area contributed by atoms with Crippen molar-refractivity contribution in [2.24, 2.45) is 0 Å². The number of benzene rings is 1. The Hall–Kier alpha value is -2.90. The number of rotatable bonds is 2. The summed E-state index contributed by atoms with van der Waals surface area (Å²) in [6, 6.07) is 4.54. The number of hydrogen-bond donors (Lipinski definition) is 4. The van der Waals surface area contributed by atoms with Crippen LogP contribution in [0.4, 0.5) is 15.8 Å². The van der Waals surface area contributed by atoms with Crippen LogP contribution in [-0.4, -0.2) is 15.9 Å². The minimum Gasteiger partial charge on any atom is -0.396 e. The van der Waals surface area contributed by atoms with Crippen molar-refractivity contribution in [3.8, 4) is 0 Å². The topological polar surface area (TPSA) is 121 Å². The van der Waals surface area contributed by atoms with Gasteiger partial charge in [0.25, 0.3) is 11.5 Å². The Morgan fingerprint density at radius 2 is 1.95 bits per heavy atom. The van der Waals surface area contributed by atoms with Gasteiger partial charge >= 0.3 is 5.69 Å². The van der Waals surface area contributed by atoms with E-state index in [-0.39, 0.29) is 17.1 Å². The fraction of sp³-hybridized carbons (Fsp3) is 0. The number of anilines is 2. The molecule has 19 heavy (non-hydrogen) atoms. The van der Waals surface area contributed by atoms with Crippen LogP contribution in [0.25, 0.3) is 0 Å².